The molecule has 28 heavy (non-hydrogen) atoms. The zero-order chi connectivity index (χ0) is 19.8. The SMILES string of the molecule is CC1CC(C)CN(C2=C(c3ccc(Cl)cc3)C(=O)N(C3CCCCC3)C2=O)C1. The molecule has 0 radical (unpaired) electrons. The van der Waals surface area contributed by atoms with E-state index in [1.54, 1.807) is 17.0 Å². The largest absolute Gasteiger partial charge is 0.366 e. The van der Waals surface area contributed by atoms with Crippen LogP contribution < -0.4 is 0 Å². The highest BCUT2D eigenvalue weighted by Gasteiger charge is 2.45. The van der Waals surface area contributed by atoms with Gasteiger partial charge in [-0.2, -0.15) is 0 Å². The van der Waals surface area contributed by atoms with Crippen molar-refractivity contribution >= 4 is 29.0 Å². The molecule has 0 N–H and O–H groups in total. The highest BCUT2D eigenvalue weighted by Crippen LogP contribution is 2.38. The predicted octanol–water partition coefficient (Wildman–Crippen LogP) is 4.73. The number of hydrogen-bond acceptors (Lipinski definition) is 3. The van der Waals surface area contributed by atoms with Crippen LogP contribution in [0, 0.1) is 11.8 Å². The first-order valence-electron chi connectivity index (χ1n) is 10.6. The van der Waals surface area contributed by atoms with E-state index < -0.39 is 0 Å². The standard InChI is InChI=1S/C23H29ClN2O2/c1-15-12-16(2)14-25(13-15)21-20(17-8-10-18(24)11-9-17)22(27)26(23(21)28)19-6-4-3-5-7-19/h8-11,15-16,19H,3-7,12-14H2,1-2H3. The van der Waals surface area contributed by atoms with Gasteiger partial charge in [0.1, 0.15) is 5.70 Å². The quantitative estimate of drug-likeness (QED) is 0.688. The average molecular weight is 401 g/mol. The van der Waals surface area contributed by atoms with E-state index in [4.69, 9.17) is 11.6 Å². The molecule has 150 valence electrons. The van der Waals surface area contributed by atoms with E-state index in [1.807, 2.05) is 12.1 Å². The lowest BCUT2D eigenvalue weighted by Gasteiger charge is -2.37. The van der Waals surface area contributed by atoms with E-state index in [0.29, 0.717) is 28.1 Å². The van der Waals surface area contributed by atoms with Crippen LogP contribution in [0.15, 0.2) is 30.0 Å². The summed E-state index contributed by atoms with van der Waals surface area (Å²) in [6, 6.07) is 7.36. The van der Waals surface area contributed by atoms with Crippen LogP contribution in [0.3, 0.4) is 0 Å². The van der Waals surface area contributed by atoms with Crippen molar-refractivity contribution in [2.45, 2.75) is 58.4 Å². The van der Waals surface area contributed by atoms with Crippen LogP contribution in [0.25, 0.3) is 5.57 Å². The van der Waals surface area contributed by atoms with Gasteiger partial charge in [0.25, 0.3) is 11.8 Å². The van der Waals surface area contributed by atoms with Crippen LogP contribution in [0.1, 0.15) is 57.9 Å². The summed E-state index contributed by atoms with van der Waals surface area (Å²) in [5, 5.41) is 0.632. The maximum Gasteiger partial charge on any atom is 0.278 e. The van der Waals surface area contributed by atoms with Crippen LogP contribution in [0.2, 0.25) is 5.02 Å². The second kappa shape index (κ2) is 7.90. The number of carbonyl (C=O) groups is 2. The Labute approximate surface area is 172 Å². The molecule has 2 heterocycles. The molecule has 4 rings (SSSR count). The van der Waals surface area contributed by atoms with Crippen LogP contribution in [0.5, 0.6) is 0 Å². The van der Waals surface area contributed by atoms with Crippen molar-refractivity contribution in [2.24, 2.45) is 11.8 Å². The molecule has 3 aliphatic rings. The Kier molecular flexibility index (Phi) is 5.50. The van der Waals surface area contributed by atoms with Crippen LogP contribution in [0.4, 0.5) is 0 Å². The summed E-state index contributed by atoms with van der Waals surface area (Å²) in [6.07, 6.45) is 6.37. The molecule has 1 aromatic rings. The molecule has 2 aliphatic heterocycles. The van der Waals surface area contributed by atoms with E-state index >= 15 is 0 Å². The fourth-order valence-electron chi connectivity index (χ4n) is 5.22. The number of imide groups is 1. The van der Waals surface area contributed by atoms with Gasteiger partial charge in [0.2, 0.25) is 0 Å². The predicted molar refractivity (Wildman–Crippen MR) is 112 cm³/mol. The van der Waals surface area contributed by atoms with Gasteiger partial charge in [0.05, 0.1) is 5.57 Å². The van der Waals surface area contributed by atoms with Crippen molar-refractivity contribution in [3.63, 3.8) is 0 Å². The Morgan fingerprint density at radius 2 is 1.50 bits per heavy atom. The molecule has 0 spiro atoms. The maximum atomic E-state index is 13.6. The molecule has 1 aliphatic carbocycles. The third-order valence-corrected chi connectivity index (χ3v) is 6.60. The van der Waals surface area contributed by atoms with Gasteiger partial charge in [-0.1, -0.05) is 56.8 Å². The molecule has 0 bridgehead atoms. The number of hydrogen-bond donors (Lipinski definition) is 0. The van der Waals surface area contributed by atoms with Gasteiger partial charge in [-0.15, -0.1) is 0 Å². The van der Waals surface area contributed by atoms with Crippen LogP contribution in [-0.4, -0.2) is 40.7 Å². The summed E-state index contributed by atoms with van der Waals surface area (Å²) in [5.41, 5.74) is 1.96. The topological polar surface area (TPSA) is 40.6 Å². The van der Waals surface area contributed by atoms with Crippen molar-refractivity contribution in [3.8, 4) is 0 Å². The monoisotopic (exact) mass is 400 g/mol. The fourth-order valence-corrected chi connectivity index (χ4v) is 5.35. The molecule has 4 nitrogen and oxygen atoms in total. The smallest absolute Gasteiger partial charge is 0.278 e. The maximum absolute atomic E-state index is 13.6. The molecule has 2 amide bonds. The third-order valence-electron chi connectivity index (χ3n) is 6.35. The number of likely N-dealkylation sites (tertiary alicyclic amines) is 1. The van der Waals surface area contributed by atoms with Gasteiger partial charge in [0.15, 0.2) is 0 Å². The minimum atomic E-state index is -0.125. The first-order valence-corrected chi connectivity index (χ1v) is 11.0. The van der Waals surface area contributed by atoms with Crippen molar-refractivity contribution in [1.29, 1.82) is 0 Å². The Hall–Kier alpha value is -1.81. The Bertz CT molecular complexity index is 785. The molecule has 2 unspecified atom stereocenters. The van der Waals surface area contributed by atoms with Crippen molar-refractivity contribution < 1.29 is 9.59 Å². The summed E-state index contributed by atoms with van der Waals surface area (Å²) >= 11 is 6.07. The van der Waals surface area contributed by atoms with Gasteiger partial charge in [-0.25, -0.2) is 0 Å². The number of carbonyl (C=O) groups excluding carboxylic acids is 2. The normalized spacial score (nSPS) is 27.1. The zero-order valence-electron chi connectivity index (χ0n) is 16.8. The summed E-state index contributed by atoms with van der Waals surface area (Å²) in [5.74, 6) is 0.798. The highest BCUT2D eigenvalue weighted by atomic mass is 35.5. The molecular formula is C23H29ClN2O2. The average Bonchev–Trinajstić information content (AvgIpc) is 2.93. The highest BCUT2D eigenvalue weighted by molar-refractivity contribution is 6.36. The zero-order valence-corrected chi connectivity index (χ0v) is 17.5. The number of benzene rings is 1. The molecule has 5 heteroatoms. The first kappa shape index (κ1) is 19.5. The van der Waals surface area contributed by atoms with E-state index in [-0.39, 0.29) is 17.9 Å². The third kappa shape index (κ3) is 3.59. The Morgan fingerprint density at radius 1 is 0.893 bits per heavy atom. The minimum Gasteiger partial charge on any atom is -0.366 e. The van der Waals surface area contributed by atoms with Crippen molar-refractivity contribution in [2.75, 3.05) is 13.1 Å². The minimum absolute atomic E-state index is 0.0354. The number of halogens is 1. The summed E-state index contributed by atoms with van der Waals surface area (Å²) in [6.45, 7) is 6.11. The molecule has 2 atom stereocenters. The number of amides is 2. The first-order chi connectivity index (χ1) is 13.5. The molecule has 0 aromatic heterocycles. The fraction of sp³-hybridized carbons (Fsp3) is 0.565. The van der Waals surface area contributed by atoms with Gasteiger partial charge in [-0.3, -0.25) is 14.5 Å². The van der Waals surface area contributed by atoms with Gasteiger partial charge < -0.3 is 4.90 Å². The molecule has 1 aromatic carbocycles. The second-order valence-corrected chi connectivity index (χ2v) is 9.29. The summed E-state index contributed by atoms with van der Waals surface area (Å²) in [4.78, 5) is 30.8. The van der Waals surface area contributed by atoms with Crippen LogP contribution in [-0.2, 0) is 9.59 Å². The van der Waals surface area contributed by atoms with E-state index in [9.17, 15) is 9.59 Å². The van der Waals surface area contributed by atoms with Gasteiger partial charge in [0, 0.05) is 24.2 Å². The number of rotatable bonds is 3. The lowest BCUT2D eigenvalue weighted by atomic mass is 9.91. The van der Waals surface area contributed by atoms with Crippen LogP contribution >= 0.6 is 11.6 Å². The van der Waals surface area contributed by atoms with E-state index in [1.165, 1.54) is 6.42 Å². The lowest BCUT2D eigenvalue weighted by molar-refractivity contribution is -0.141. The van der Waals surface area contributed by atoms with E-state index in [2.05, 4.69) is 18.7 Å². The summed E-state index contributed by atoms with van der Waals surface area (Å²) < 4.78 is 0. The van der Waals surface area contributed by atoms with Crippen molar-refractivity contribution in [1.82, 2.24) is 9.80 Å². The Balaban J connectivity index is 1.76. The lowest BCUT2D eigenvalue weighted by Crippen LogP contribution is -2.45. The number of piperidine rings is 1. The number of nitrogens with zero attached hydrogens (tertiary/aromatic N) is 2. The molecular weight excluding hydrogens is 372 g/mol. The van der Waals surface area contributed by atoms with E-state index in [0.717, 1.165) is 50.8 Å². The van der Waals surface area contributed by atoms with Gasteiger partial charge in [-0.05, 0) is 48.8 Å². The Morgan fingerprint density at radius 3 is 2.11 bits per heavy atom. The molecule has 2 fully saturated rings. The molecule has 1 saturated heterocycles. The summed E-state index contributed by atoms with van der Waals surface area (Å²) in [7, 11) is 0. The van der Waals surface area contributed by atoms with Gasteiger partial charge >= 0.3 is 0 Å². The molecule has 1 saturated carbocycles. The second-order valence-electron chi connectivity index (χ2n) is 8.85. The van der Waals surface area contributed by atoms with Crippen molar-refractivity contribution in [3.05, 3.63) is 40.5 Å².